The second-order valence-corrected chi connectivity index (χ2v) is 4.00. The Labute approximate surface area is 111 Å². The Morgan fingerprint density at radius 1 is 1.16 bits per heavy atom. The van der Waals surface area contributed by atoms with E-state index >= 15 is 0 Å². The molecule has 19 heavy (non-hydrogen) atoms. The first-order chi connectivity index (χ1) is 9.20. The second kappa shape index (κ2) is 5.87. The van der Waals surface area contributed by atoms with Gasteiger partial charge in [0.2, 0.25) is 5.78 Å². The first-order valence-electron chi connectivity index (χ1n) is 5.85. The molecule has 0 bridgehead atoms. The van der Waals surface area contributed by atoms with E-state index in [1.54, 1.807) is 6.08 Å². The van der Waals surface area contributed by atoms with E-state index in [9.17, 15) is 9.90 Å². The monoisotopic (exact) mass is 254 g/mol. The highest BCUT2D eigenvalue weighted by Crippen LogP contribution is 2.20. The highest BCUT2D eigenvalue weighted by Gasteiger charge is 2.16. The number of allylic oxidation sites excluding steroid dienone is 4. The van der Waals surface area contributed by atoms with Crippen molar-refractivity contribution >= 4 is 11.9 Å². The SMILES string of the molecule is COC1=CC(=O)C(O)=C/C1=C\C=C\c1ccccc1. The molecule has 96 valence electrons. The van der Waals surface area contributed by atoms with Crippen LogP contribution in [0.25, 0.3) is 6.08 Å². The first kappa shape index (κ1) is 12.9. The molecule has 2 rings (SSSR count). The predicted octanol–water partition coefficient (Wildman–Crippen LogP) is 3.18. The summed E-state index contributed by atoms with van der Waals surface area (Å²) in [4.78, 5) is 11.3. The predicted molar refractivity (Wildman–Crippen MR) is 74.4 cm³/mol. The van der Waals surface area contributed by atoms with E-state index in [2.05, 4.69) is 0 Å². The molecule has 1 aliphatic carbocycles. The van der Waals surface area contributed by atoms with Crippen molar-refractivity contribution in [1.82, 2.24) is 0 Å². The summed E-state index contributed by atoms with van der Waals surface area (Å²) >= 11 is 0. The topological polar surface area (TPSA) is 46.5 Å². The van der Waals surface area contributed by atoms with Crippen molar-refractivity contribution in [3.8, 4) is 0 Å². The number of aliphatic hydroxyl groups excluding tert-OH is 1. The molecule has 0 spiro atoms. The molecule has 3 heteroatoms. The number of ketones is 1. The van der Waals surface area contributed by atoms with Gasteiger partial charge < -0.3 is 9.84 Å². The summed E-state index contributed by atoms with van der Waals surface area (Å²) in [6.07, 6.45) is 8.23. The molecule has 1 aliphatic rings. The van der Waals surface area contributed by atoms with Gasteiger partial charge in [-0.2, -0.15) is 0 Å². The van der Waals surface area contributed by atoms with E-state index in [4.69, 9.17) is 4.74 Å². The summed E-state index contributed by atoms with van der Waals surface area (Å²) in [5.74, 6) is -0.276. The fourth-order valence-corrected chi connectivity index (χ4v) is 1.70. The summed E-state index contributed by atoms with van der Waals surface area (Å²) in [7, 11) is 1.49. The van der Waals surface area contributed by atoms with Crippen molar-refractivity contribution in [2.75, 3.05) is 7.11 Å². The lowest BCUT2D eigenvalue weighted by Gasteiger charge is -2.11. The van der Waals surface area contributed by atoms with Crippen molar-refractivity contribution in [3.05, 3.63) is 77.3 Å². The molecule has 0 unspecified atom stereocenters. The molecule has 0 aromatic heterocycles. The van der Waals surface area contributed by atoms with Crippen molar-refractivity contribution in [2.45, 2.75) is 0 Å². The number of hydrogen-bond donors (Lipinski definition) is 1. The summed E-state index contributed by atoms with van der Waals surface area (Å²) in [6, 6.07) is 9.84. The lowest BCUT2D eigenvalue weighted by Crippen LogP contribution is -2.07. The van der Waals surface area contributed by atoms with Gasteiger partial charge in [-0.3, -0.25) is 4.79 Å². The number of ether oxygens (including phenoxy) is 1. The fourth-order valence-electron chi connectivity index (χ4n) is 1.70. The first-order valence-corrected chi connectivity index (χ1v) is 5.85. The number of benzene rings is 1. The molecule has 0 fully saturated rings. The van der Waals surface area contributed by atoms with Crippen LogP contribution in [0.1, 0.15) is 5.56 Å². The normalized spacial score (nSPS) is 17.5. The van der Waals surface area contributed by atoms with Crippen LogP contribution in [0.3, 0.4) is 0 Å². The van der Waals surface area contributed by atoms with Gasteiger partial charge in [0, 0.05) is 11.6 Å². The number of hydrogen-bond acceptors (Lipinski definition) is 3. The van der Waals surface area contributed by atoms with Gasteiger partial charge in [0.25, 0.3) is 0 Å². The smallest absolute Gasteiger partial charge is 0.223 e. The van der Waals surface area contributed by atoms with Crippen LogP contribution in [0, 0.1) is 0 Å². The molecule has 0 atom stereocenters. The number of carbonyl (C=O) groups is 1. The molecule has 0 saturated carbocycles. The van der Waals surface area contributed by atoms with Gasteiger partial charge in [0.15, 0.2) is 5.76 Å². The Kier molecular flexibility index (Phi) is 3.98. The minimum Gasteiger partial charge on any atom is -0.504 e. The van der Waals surface area contributed by atoms with Crippen molar-refractivity contribution < 1.29 is 14.6 Å². The molecule has 1 N–H and O–H groups in total. The van der Waals surface area contributed by atoms with E-state index in [0.717, 1.165) is 5.56 Å². The molecule has 1 aromatic carbocycles. The average Bonchev–Trinajstić information content (AvgIpc) is 2.43. The van der Waals surface area contributed by atoms with Gasteiger partial charge in [0.1, 0.15) is 5.76 Å². The molecule has 1 aromatic rings. The quantitative estimate of drug-likeness (QED) is 0.901. The Morgan fingerprint density at radius 2 is 1.89 bits per heavy atom. The third kappa shape index (κ3) is 3.22. The van der Waals surface area contributed by atoms with Crippen molar-refractivity contribution in [2.24, 2.45) is 0 Å². The maximum atomic E-state index is 11.3. The summed E-state index contributed by atoms with van der Waals surface area (Å²) in [6.45, 7) is 0. The zero-order chi connectivity index (χ0) is 13.7. The molecule has 0 amide bonds. The van der Waals surface area contributed by atoms with Gasteiger partial charge in [-0.05, 0) is 11.6 Å². The fraction of sp³-hybridized carbons (Fsp3) is 0.0625. The van der Waals surface area contributed by atoms with Crippen molar-refractivity contribution in [1.29, 1.82) is 0 Å². The lowest BCUT2D eigenvalue weighted by atomic mass is 10.0. The standard InChI is InChI=1S/C16H14O3/c1-19-16-11-15(18)14(17)10-13(16)9-5-8-12-6-3-2-4-7-12/h2-11,17H,1H3/b8-5+,13-9+. The zero-order valence-corrected chi connectivity index (χ0v) is 10.5. The summed E-state index contributed by atoms with van der Waals surface area (Å²) in [5.41, 5.74) is 1.73. The minimum absolute atomic E-state index is 0.278. The summed E-state index contributed by atoms with van der Waals surface area (Å²) in [5, 5.41) is 9.42. The highest BCUT2D eigenvalue weighted by atomic mass is 16.5. The van der Waals surface area contributed by atoms with Gasteiger partial charge in [-0.15, -0.1) is 0 Å². The van der Waals surface area contributed by atoms with Crippen molar-refractivity contribution in [3.63, 3.8) is 0 Å². The molecule has 0 radical (unpaired) electrons. The van der Waals surface area contributed by atoms with Crippen LogP contribution in [0.4, 0.5) is 0 Å². The number of carbonyl (C=O) groups excluding carboxylic acids is 1. The maximum Gasteiger partial charge on any atom is 0.223 e. The van der Waals surface area contributed by atoms with Crippen LogP contribution < -0.4 is 0 Å². The number of methoxy groups -OCH3 is 1. The van der Waals surface area contributed by atoms with Crippen LogP contribution in [0.15, 0.2) is 71.7 Å². The van der Waals surface area contributed by atoms with Crippen LogP contribution in [-0.2, 0) is 9.53 Å². The third-order valence-electron chi connectivity index (χ3n) is 2.68. The Balaban J connectivity index is 2.21. The second-order valence-electron chi connectivity index (χ2n) is 4.00. The van der Waals surface area contributed by atoms with Gasteiger partial charge >= 0.3 is 0 Å². The lowest BCUT2D eigenvalue weighted by molar-refractivity contribution is -0.113. The van der Waals surface area contributed by atoms with Crippen LogP contribution in [-0.4, -0.2) is 18.0 Å². The average molecular weight is 254 g/mol. The summed E-state index contributed by atoms with van der Waals surface area (Å²) < 4.78 is 5.11. The van der Waals surface area contributed by atoms with Gasteiger partial charge in [0.05, 0.1) is 7.11 Å². The zero-order valence-electron chi connectivity index (χ0n) is 10.5. The molecule has 0 saturated heterocycles. The van der Waals surface area contributed by atoms with Crippen LogP contribution in [0.5, 0.6) is 0 Å². The Bertz CT molecular complexity index is 590. The molecular weight excluding hydrogens is 240 g/mol. The highest BCUT2D eigenvalue weighted by molar-refractivity contribution is 6.04. The molecule has 0 aliphatic heterocycles. The van der Waals surface area contributed by atoms with E-state index < -0.39 is 5.78 Å². The third-order valence-corrected chi connectivity index (χ3v) is 2.68. The minimum atomic E-state index is -0.443. The molecule has 0 heterocycles. The Morgan fingerprint density at radius 3 is 2.58 bits per heavy atom. The van der Waals surface area contributed by atoms with Gasteiger partial charge in [-0.1, -0.05) is 48.6 Å². The van der Waals surface area contributed by atoms with Gasteiger partial charge in [-0.25, -0.2) is 0 Å². The number of rotatable bonds is 3. The largest absolute Gasteiger partial charge is 0.504 e. The van der Waals surface area contributed by atoms with E-state index in [-0.39, 0.29) is 5.76 Å². The Hall–Kier alpha value is -2.55. The van der Waals surface area contributed by atoms with E-state index in [0.29, 0.717) is 11.3 Å². The number of aliphatic hydroxyl groups is 1. The van der Waals surface area contributed by atoms with Crippen LogP contribution >= 0.6 is 0 Å². The maximum absolute atomic E-state index is 11.3. The van der Waals surface area contributed by atoms with E-state index in [1.165, 1.54) is 19.3 Å². The van der Waals surface area contributed by atoms with Crippen LogP contribution in [0.2, 0.25) is 0 Å². The molecule has 3 nitrogen and oxygen atoms in total. The van der Waals surface area contributed by atoms with E-state index in [1.807, 2.05) is 42.5 Å². The molecular formula is C16H14O3.